The van der Waals surface area contributed by atoms with Crippen molar-refractivity contribution in [2.24, 2.45) is 0 Å². The summed E-state index contributed by atoms with van der Waals surface area (Å²) < 4.78 is 5.38. The highest BCUT2D eigenvalue weighted by Crippen LogP contribution is 2.13. The lowest BCUT2D eigenvalue weighted by atomic mass is 10.1. The Hall–Kier alpha value is -0.120. The lowest BCUT2D eigenvalue weighted by Crippen LogP contribution is -2.37. The molecule has 1 saturated heterocycles. The summed E-state index contributed by atoms with van der Waals surface area (Å²) in [5.74, 6) is 0. The molecule has 3 nitrogen and oxygen atoms in total. The molecule has 1 rings (SSSR count). The van der Waals surface area contributed by atoms with Gasteiger partial charge >= 0.3 is 0 Å². The monoisotopic (exact) mass is 228 g/mol. The van der Waals surface area contributed by atoms with Crippen molar-refractivity contribution in [3.8, 4) is 0 Å². The number of rotatable bonds is 8. The van der Waals surface area contributed by atoms with E-state index in [1.54, 1.807) is 0 Å². The van der Waals surface area contributed by atoms with Crippen molar-refractivity contribution >= 4 is 0 Å². The Balaban J connectivity index is 1.90. The van der Waals surface area contributed by atoms with Crippen molar-refractivity contribution in [3.63, 3.8) is 0 Å². The standard InChI is InChI=1S/C13H28N2O/c1-14-9-5-3-4-6-10-15-11-7-13(16-2)8-12-15/h13-14H,3-12H2,1-2H3. The van der Waals surface area contributed by atoms with E-state index in [0.29, 0.717) is 6.10 Å². The predicted molar refractivity (Wildman–Crippen MR) is 68.9 cm³/mol. The fourth-order valence-electron chi connectivity index (χ4n) is 2.36. The van der Waals surface area contributed by atoms with Crippen LogP contribution in [0.1, 0.15) is 38.5 Å². The van der Waals surface area contributed by atoms with Crippen molar-refractivity contribution in [2.75, 3.05) is 40.3 Å². The molecule has 0 aromatic carbocycles. The van der Waals surface area contributed by atoms with Gasteiger partial charge in [-0.1, -0.05) is 12.8 Å². The molecule has 0 aromatic heterocycles. The van der Waals surface area contributed by atoms with Crippen molar-refractivity contribution in [3.05, 3.63) is 0 Å². The van der Waals surface area contributed by atoms with Gasteiger partial charge in [0.15, 0.2) is 0 Å². The molecular formula is C13H28N2O. The van der Waals surface area contributed by atoms with Crippen molar-refractivity contribution in [1.29, 1.82) is 0 Å². The fourth-order valence-corrected chi connectivity index (χ4v) is 2.36. The average molecular weight is 228 g/mol. The lowest BCUT2D eigenvalue weighted by molar-refractivity contribution is 0.0407. The molecule has 0 aromatic rings. The van der Waals surface area contributed by atoms with Gasteiger partial charge in [0.05, 0.1) is 6.10 Å². The summed E-state index contributed by atoms with van der Waals surface area (Å²) in [4.78, 5) is 2.59. The van der Waals surface area contributed by atoms with E-state index in [1.165, 1.54) is 64.7 Å². The Bertz CT molecular complexity index is 156. The van der Waals surface area contributed by atoms with Gasteiger partial charge in [-0.2, -0.15) is 0 Å². The van der Waals surface area contributed by atoms with Crippen LogP contribution in [0.15, 0.2) is 0 Å². The van der Waals surface area contributed by atoms with Crippen molar-refractivity contribution in [2.45, 2.75) is 44.6 Å². The van der Waals surface area contributed by atoms with Crippen LogP contribution >= 0.6 is 0 Å². The number of nitrogens with zero attached hydrogens (tertiary/aromatic N) is 1. The minimum atomic E-state index is 0.520. The molecule has 0 aliphatic carbocycles. The van der Waals surface area contributed by atoms with Gasteiger partial charge in [-0.05, 0) is 45.8 Å². The molecule has 1 aliphatic rings. The third-order valence-corrected chi connectivity index (χ3v) is 3.52. The van der Waals surface area contributed by atoms with Gasteiger partial charge in [-0.15, -0.1) is 0 Å². The minimum absolute atomic E-state index is 0.520. The number of ether oxygens (including phenoxy) is 1. The summed E-state index contributed by atoms with van der Waals surface area (Å²) in [5, 5.41) is 3.19. The summed E-state index contributed by atoms with van der Waals surface area (Å²) >= 11 is 0. The van der Waals surface area contributed by atoms with E-state index >= 15 is 0 Å². The minimum Gasteiger partial charge on any atom is -0.381 e. The van der Waals surface area contributed by atoms with Gasteiger partial charge in [0, 0.05) is 20.2 Å². The molecule has 1 heterocycles. The topological polar surface area (TPSA) is 24.5 Å². The van der Waals surface area contributed by atoms with Crippen LogP contribution in [0, 0.1) is 0 Å². The number of methoxy groups -OCH3 is 1. The van der Waals surface area contributed by atoms with Crippen molar-refractivity contribution < 1.29 is 4.74 Å². The zero-order chi connectivity index (χ0) is 11.6. The van der Waals surface area contributed by atoms with Crippen LogP contribution in [0.2, 0.25) is 0 Å². The maximum atomic E-state index is 5.38. The van der Waals surface area contributed by atoms with Gasteiger partial charge < -0.3 is 15.0 Å². The van der Waals surface area contributed by atoms with Crippen LogP contribution in [0.25, 0.3) is 0 Å². The fraction of sp³-hybridized carbons (Fsp3) is 1.00. The zero-order valence-electron chi connectivity index (χ0n) is 11.0. The van der Waals surface area contributed by atoms with Crippen LogP contribution in [0.3, 0.4) is 0 Å². The molecule has 1 fully saturated rings. The van der Waals surface area contributed by atoms with E-state index in [4.69, 9.17) is 4.74 Å². The molecule has 0 amide bonds. The summed E-state index contributed by atoms with van der Waals surface area (Å²) in [6.45, 7) is 4.92. The first-order chi connectivity index (χ1) is 7.86. The molecule has 1 aliphatic heterocycles. The Labute approximate surface area is 101 Å². The van der Waals surface area contributed by atoms with Crippen LogP contribution < -0.4 is 5.32 Å². The molecule has 16 heavy (non-hydrogen) atoms. The maximum Gasteiger partial charge on any atom is 0.0595 e. The highest BCUT2D eigenvalue weighted by molar-refractivity contribution is 4.71. The quantitative estimate of drug-likeness (QED) is 0.642. The molecular weight excluding hydrogens is 200 g/mol. The second kappa shape index (κ2) is 8.97. The number of piperidine rings is 1. The van der Waals surface area contributed by atoms with Crippen LogP contribution in [-0.4, -0.2) is 51.3 Å². The van der Waals surface area contributed by atoms with Crippen LogP contribution in [0.5, 0.6) is 0 Å². The highest BCUT2D eigenvalue weighted by atomic mass is 16.5. The Kier molecular flexibility index (Phi) is 7.81. The van der Waals surface area contributed by atoms with E-state index in [2.05, 4.69) is 10.2 Å². The lowest BCUT2D eigenvalue weighted by Gasteiger charge is -2.31. The number of likely N-dealkylation sites (tertiary alicyclic amines) is 1. The molecule has 1 N–H and O–H groups in total. The normalized spacial score (nSPS) is 19.1. The third kappa shape index (κ3) is 5.83. The molecule has 0 saturated carbocycles. The summed E-state index contributed by atoms with van der Waals surface area (Å²) in [5.41, 5.74) is 0. The first-order valence-electron chi connectivity index (χ1n) is 6.76. The number of unbranched alkanes of at least 4 members (excludes halogenated alkanes) is 3. The van der Waals surface area contributed by atoms with E-state index in [9.17, 15) is 0 Å². The molecule has 0 radical (unpaired) electrons. The van der Waals surface area contributed by atoms with Crippen LogP contribution in [-0.2, 0) is 4.74 Å². The largest absolute Gasteiger partial charge is 0.381 e. The second-order valence-electron chi connectivity index (χ2n) is 4.79. The maximum absolute atomic E-state index is 5.38. The molecule has 0 atom stereocenters. The Morgan fingerprint density at radius 1 is 1.12 bits per heavy atom. The van der Waals surface area contributed by atoms with Crippen LogP contribution in [0.4, 0.5) is 0 Å². The van der Waals surface area contributed by atoms with E-state index < -0.39 is 0 Å². The molecule has 0 spiro atoms. The van der Waals surface area contributed by atoms with Gasteiger partial charge in [-0.25, -0.2) is 0 Å². The molecule has 96 valence electrons. The highest BCUT2D eigenvalue weighted by Gasteiger charge is 2.17. The second-order valence-corrected chi connectivity index (χ2v) is 4.79. The Morgan fingerprint density at radius 3 is 2.44 bits per heavy atom. The summed E-state index contributed by atoms with van der Waals surface area (Å²) in [6, 6.07) is 0. The average Bonchev–Trinajstić information content (AvgIpc) is 2.34. The van der Waals surface area contributed by atoms with Gasteiger partial charge in [0.2, 0.25) is 0 Å². The zero-order valence-corrected chi connectivity index (χ0v) is 11.0. The molecule has 0 bridgehead atoms. The van der Waals surface area contributed by atoms with Gasteiger partial charge in [-0.3, -0.25) is 0 Å². The summed E-state index contributed by atoms with van der Waals surface area (Å²) in [7, 11) is 3.86. The van der Waals surface area contributed by atoms with E-state index in [-0.39, 0.29) is 0 Å². The van der Waals surface area contributed by atoms with Crippen molar-refractivity contribution in [1.82, 2.24) is 10.2 Å². The number of hydrogen-bond acceptors (Lipinski definition) is 3. The van der Waals surface area contributed by atoms with E-state index in [1.807, 2.05) is 14.2 Å². The van der Waals surface area contributed by atoms with Gasteiger partial charge in [0.25, 0.3) is 0 Å². The SMILES string of the molecule is CNCCCCCCN1CCC(OC)CC1. The number of nitrogens with one attached hydrogen (secondary N) is 1. The van der Waals surface area contributed by atoms with E-state index in [0.717, 1.165) is 0 Å². The number of hydrogen-bond donors (Lipinski definition) is 1. The summed E-state index contributed by atoms with van der Waals surface area (Å²) in [6.07, 6.45) is 8.39. The first kappa shape index (κ1) is 13.9. The predicted octanol–water partition coefficient (Wildman–Crippen LogP) is 1.88. The smallest absolute Gasteiger partial charge is 0.0595 e. The Morgan fingerprint density at radius 2 is 1.81 bits per heavy atom. The third-order valence-electron chi connectivity index (χ3n) is 3.52. The first-order valence-corrected chi connectivity index (χ1v) is 6.76. The van der Waals surface area contributed by atoms with Gasteiger partial charge in [0.1, 0.15) is 0 Å². The molecule has 3 heteroatoms. The molecule has 0 unspecified atom stereocenters.